The summed E-state index contributed by atoms with van der Waals surface area (Å²) in [5, 5.41) is 2.92. The molecule has 0 aromatic heterocycles. The fourth-order valence-corrected chi connectivity index (χ4v) is 4.84. The highest BCUT2D eigenvalue weighted by Crippen LogP contribution is 2.40. The first-order valence-corrected chi connectivity index (χ1v) is 11.1. The molecule has 1 aliphatic carbocycles. The third-order valence-electron chi connectivity index (χ3n) is 5.42. The molecule has 0 aliphatic heterocycles. The van der Waals surface area contributed by atoms with Gasteiger partial charge in [-0.05, 0) is 36.6 Å². The summed E-state index contributed by atoms with van der Waals surface area (Å²) in [5.74, 6) is -2.63. The van der Waals surface area contributed by atoms with Gasteiger partial charge in [0.05, 0.1) is 4.90 Å². The highest BCUT2D eigenvalue weighted by atomic mass is 32.2. The first kappa shape index (κ1) is 21.4. The summed E-state index contributed by atoms with van der Waals surface area (Å²) in [7, 11) is -4.02. The third-order valence-corrected chi connectivity index (χ3v) is 6.87. The van der Waals surface area contributed by atoms with Crippen LogP contribution in [0, 0.1) is 11.6 Å². The van der Waals surface area contributed by atoms with E-state index < -0.39 is 21.7 Å². The molecule has 29 heavy (non-hydrogen) atoms. The van der Waals surface area contributed by atoms with Crippen LogP contribution in [-0.4, -0.2) is 27.4 Å². The van der Waals surface area contributed by atoms with E-state index in [0.717, 1.165) is 37.8 Å². The first-order chi connectivity index (χ1) is 13.8. The fourth-order valence-electron chi connectivity index (χ4n) is 3.79. The van der Waals surface area contributed by atoms with Crippen LogP contribution in [0.4, 0.5) is 8.78 Å². The molecule has 156 valence electrons. The number of carbonyl (C=O) groups is 1. The van der Waals surface area contributed by atoms with Crippen molar-refractivity contribution in [3.05, 3.63) is 65.7 Å². The highest BCUT2D eigenvalue weighted by molar-refractivity contribution is 7.89. The minimum Gasteiger partial charge on any atom is -0.355 e. The summed E-state index contributed by atoms with van der Waals surface area (Å²) in [5.41, 5.74) is 1.12. The lowest BCUT2D eigenvalue weighted by Crippen LogP contribution is -2.40. The number of amides is 1. The molecule has 0 bridgehead atoms. The molecule has 2 N–H and O–H groups in total. The normalized spacial score (nSPS) is 15.9. The predicted molar refractivity (Wildman–Crippen MR) is 106 cm³/mol. The van der Waals surface area contributed by atoms with Crippen LogP contribution in [0.1, 0.15) is 37.7 Å². The standard InChI is InChI=1S/C21H24F2N2O3S/c22-18-9-8-17(14-19(18)23)29(27,28)25-13-10-20(26)24-15-21(11-4-5-12-21)16-6-2-1-3-7-16/h1-3,6-9,14,25H,4-5,10-13,15H2,(H,24,26). The third kappa shape index (κ3) is 5.19. The Bertz CT molecular complexity index is 959. The van der Waals surface area contributed by atoms with Gasteiger partial charge in [0.2, 0.25) is 15.9 Å². The lowest BCUT2D eigenvalue weighted by Gasteiger charge is -2.30. The monoisotopic (exact) mass is 422 g/mol. The van der Waals surface area contributed by atoms with E-state index in [4.69, 9.17) is 0 Å². The maximum absolute atomic E-state index is 13.3. The zero-order valence-electron chi connectivity index (χ0n) is 16.0. The fraction of sp³-hybridized carbons (Fsp3) is 0.381. The van der Waals surface area contributed by atoms with Crippen molar-refractivity contribution in [3.63, 3.8) is 0 Å². The molecule has 2 aromatic carbocycles. The SMILES string of the molecule is O=C(CCNS(=O)(=O)c1ccc(F)c(F)c1)NCC1(c2ccccc2)CCCC1. The molecule has 3 rings (SSSR count). The van der Waals surface area contributed by atoms with E-state index in [1.54, 1.807) is 0 Å². The van der Waals surface area contributed by atoms with Gasteiger partial charge >= 0.3 is 0 Å². The van der Waals surface area contributed by atoms with Gasteiger partial charge in [0.1, 0.15) is 0 Å². The summed E-state index contributed by atoms with van der Waals surface area (Å²) in [4.78, 5) is 11.9. The Hall–Kier alpha value is -2.32. The maximum atomic E-state index is 13.3. The van der Waals surface area contributed by atoms with E-state index in [-0.39, 0.29) is 29.2 Å². The van der Waals surface area contributed by atoms with Crippen molar-refractivity contribution in [3.8, 4) is 0 Å². The lowest BCUT2D eigenvalue weighted by atomic mass is 9.79. The van der Waals surface area contributed by atoms with Gasteiger partial charge in [-0.25, -0.2) is 21.9 Å². The Morgan fingerprint density at radius 2 is 1.69 bits per heavy atom. The Morgan fingerprint density at radius 1 is 1.00 bits per heavy atom. The molecule has 0 spiro atoms. The average Bonchev–Trinajstić information content (AvgIpc) is 3.19. The van der Waals surface area contributed by atoms with Crippen molar-refractivity contribution < 1.29 is 22.0 Å². The highest BCUT2D eigenvalue weighted by Gasteiger charge is 2.35. The smallest absolute Gasteiger partial charge is 0.240 e. The molecule has 1 fully saturated rings. The van der Waals surface area contributed by atoms with E-state index in [9.17, 15) is 22.0 Å². The quantitative estimate of drug-likeness (QED) is 0.686. The van der Waals surface area contributed by atoms with Gasteiger partial charge in [-0.1, -0.05) is 43.2 Å². The van der Waals surface area contributed by atoms with Crippen LogP contribution in [0.2, 0.25) is 0 Å². The summed E-state index contributed by atoms with van der Waals surface area (Å²) >= 11 is 0. The number of benzene rings is 2. The van der Waals surface area contributed by atoms with E-state index in [0.29, 0.717) is 12.6 Å². The van der Waals surface area contributed by atoms with Gasteiger partial charge < -0.3 is 5.32 Å². The molecule has 1 amide bonds. The second kappa shape index (κ2) is 9.00. The second-order valence-electron chi connectivity index (χ2n) is 7.35. The molecule has 0 heterocycles. The number of nitrogens with one attached hydrogen (secondary N) is 2. The number of rotatable bonds is 8. The molecule has 1 saturated carbocycles. The number of sulfonamides is 1. The maximum Gasteiger partial charge on any atom is 0.240 e. The van der Waals surface area contributed by atoms with Gasteiger partial charge in [-0.3, -0.25) is 4.79 Å². The molecular weight excluding hydrogens is 398 g/mol. The largest absolute Gasteiger partial charge is 0.355 e. The minimum atomic E-state index is -4.02. The Labute approximate surface area is 169 Å². The first-order valence-electron chi connectivity index (χ1n) is 9.59. The zero-order chi connectivity index (χ0) is 20.9. The van der Waals surface area contributed by atoms with Gasteiger partial charge in [0.15, 0.2) is 11.6 Å². The van der Waals surface area contributed by atoms with Crippen molar-refractivity contribution >= 4 is 15.9 Å². The second-order valence-corrected chi connectivity index (χ2v) is 9.12. The molecule has 0 unspecified atom stereocenters. The molecule has 2 aromatic rings. The number of hydrogen-bond acceptors (Lipinski definition) is 3. The summed E-state index contributed by atoms with van der Waals surface area (Å²) in [6.07, 6.45) is 4.17. The van der Waals surface area contributed by atoms with Crippen molar-refractivity contribution in [2.45, 2.75) is 42.4 Å². The summed E-state index contributed by atoms with van der Waals surface area (Å²) < 4.78 is 52.8. The topological polar surface area (TPSA) is 75.3 Å². The van der Waals surface area contributed by atoms with Gasteiger partial charge in [0, 0.05) is 24.9 Å². The molecule has 0 saturated heterocycles. The van der Waals surface area contributed by atoms with Crippen molar-refractivity contribution in [1.82, 2.24) is 10.0 Å². The van der Waals surface area contributed by atoms with Crippen LogP contribution in [0.5, 0.6) is 0 Å². The van der Waals surface area contributed by atoms with Crippen molar-refractivity contribution in [1.29, 1.82) is 0 Å². The van der Waals surface area contributed by atoms with Crippen molar-refractivity contribution in [2.24, 2.45) is 0 Å². The van der Waals surface area contributed by atoms with E-state index in [1.165, 1.54) is 5.56 Å². The molecule has 0 radical (unpaired) electrons. The van der Waals surface area contributed by atoms with Crippen LogP contribution < -0.4 is 10.0 Å². The van der Waals surface area contributed by atoms with Crippen LogP contribution >= 0.6 is 0 Å². The molecule has 0 atom stereocenters. The number of halogens is 2. The Kier molecular flexibility index (Phi) is 6.64. The van der Waals surface area contributed by atoms with Crippen LogP contribution in [0.25, 0.3) is 0 Å². The van der Waals surface area contributed by atoms with Gasteiger partial charge in [-0.15, -0.1) is 0 Å². The van der Waals surface area contributed by atoms with Crippen LogP contribution in [-0.2, 0) is 20.2 Å². The number of carbonyl (C=O) groups excluding carboxylic acids is 1. The van der Waals surface area contributed by atoms with Gasteiger partial charge in [-0.2, -0.15) is 0 Å². The lowest BCUT2D eigenvalue weighted by molar-refractivity contribution is -0.121. The zero-order valence-corrected chi connectivity index (χ0v) is 16.8. The Morgan fingerprint density at radius 3 is 2.34 bits per heavy atom. The molecule has 5 nitrogen and oxygen atoms in total. The summed E-state index contributed by atoms with van der Waals surface area (Å²) in [6, 6.07) is 12.4. The van der Waals surface area contributed by atoms with Crippen LogP contribution in [0.3, 0.4) is 0 Å². The average molecular weight is 422 g/mol. The molecule has 8 heteroatoms. The minimum absolute atomic E-state index is 0.0478. The van der Waals surface area contributed by atoms with Crippen LogP contribution in [0.15, 0.2) is 53.4 Å². The predicted octanol–water partition coefficient (Wildman–Crippen LogP) is 3.26. The van der Waals surface area contributed by atoms with Crippen molar-refractivity contribution in [2.75, 3.05) is 13.1 Å². The van der Waals surface area contributed by atoms with E-state index in [2.05, 4.69) is 22.2 Å². The summed E-state index contributed by atoms with van der Waals surface area (Å²) in [6.45, 7) is 0.372. The van der Waals surface area contributed by atoms with Gasteiger partial charge in [0.25, 0.3) is 0 Å². The number of hydrogen-bond donors (Lipinski definition) is 2. The molecule has 1 aliphatic rings. The Balaban J connectivity index is 1.52. The van der Waals surface area contributed by atoms with E-state index >= 15 is 0 Å². The van der Waals surface area contributed by atoms with E-state index in [1.807, 2.05) is 18.2 Å². The molecular formula is C21H24F2N2O3S.